The monoisotopic (exact) mass is 237 g/mol. The van der Waals surface area contributed by atoms with Gasteiger partial charge in [0.2, 0.25) is 0 Å². The topological polar surface area (TPSA) is 40.5 Å². The number of carbonyl (C=O) groups is 1. The van der Waals surface area contributed by atoms with Gasteiger partial charge >= 0.3 is 5.97 Å². The Morgan fingerprint density at radius 2 is 2.18 bits per heavy atom. The zero-order valence-corrected chi connectivity index (χ0v) is 9.82. The lowest BCUT2D eigenvalue weighted by atomic mass is 9.91. The molecule has 0 radical (unpaired) electrons. The van der Waals surface area contributed by atoms with Crippen molar-refractivity contribution in [3.05, 3.63) is 35.1 Å². The number of hydrogen-bond donors (Lipinski definition) is 1. The lowest BCUT2D eigenvalue weighted by Gasteiger charge is -2.34. The summed E-state index contributed by atoms with van der Waals surface area (Å²) in [6.07, 6.45) is 3.60. The molecule has 1 aromatic carbocycles. The quantitative estimate of drug-likeness (QED) is 0.874. The second-order valence-electron chi connectivity index (χ2n) is 4.65. The first-order valence-corrected chi connectivity index (χ1v) is 5.79. The van der Waals surface area contributed by atoms with Crippen LogP contribution < -0.4 is 0 Å². The minimum atomic E-state index is -1.09. The van der Waals surface area contributed by atoms with Gasteiger partial charge in [0, 0.05) is 12.6 Å². The fraction of sp³-hybridized carbons (Fsp3) is 0.462. The first-order chi connectivity index (χ1) is 8.06. The van der Waals surface area contributed by atoms with Gasteiger partial charge in [0.15, 0.2) is 0 Å². The highest BCUT2D eigenvalue weighted by Crippen LogP contribution is 2.25. The van der Waals surface area contributed by atoms with E-state index in [9.17, 15) is 9.18 Å². The smallest absolute Gasteiger partial charge is 0.335 e. The van der Waals surface area contributed by atoms with Crippen LogP contribution in [0.2, 0.25) is 0 Å². The summed E-state index contributed by atoms with van der Waals surface area (Å²) in [7, 11) is 2.00. The zero-order valence-electron chi connectivity index (χ0n) is 9.82. The Morgan fingerprint density at radius 1 is 1.47 bits per heavy atom. The predicted molar refractivity (Wildman–Crippen MR) is 62.5 cm³/mol. The van der Waals surface area contributed by atoms with Gasteiger partial charge in [-0.3, -0.25) is 4.90 Å². The maximum atomic E-state index is 13.3. The average molecular weight is 237 g/mol. The van der Waals surface area contributed by atoms with Gasteiger partial charge in [-0.2, -0.15) is 0 Å². The van der Waals surface area contributed by atoms with E-state index in [1.165, 1.54) is 25.3 Å². The Hall–Kier alpha value is -1.42. The minimum absolute atomic E-state index is 0.0157. The highest BCUT2D eigenvalue weighted by Gasteiger charge is 2.22. The minimum Gasteiger partial charge on any atom is -0.478 e. The van der Waals surface area contributed by atoms with E-state index < -0.39 is 11.8 Å². The molecule has 1 aliphatic carbocycles. The highest BCUT2D eigenvalue weighted by atomic mass is 19.1. The molecule has 0 aliphatic heterocycles. The first-order valence-electron chi connectivity index (χ1n) is 5.79. The van der Waals surface area contributed by atoms with Gasteiger partial charge in [-0.05, 0) is 43.7 Å². The second-order valence-corrected chi connectivity index (χ2v) is 4.65. The van der Waals surface area contributed by atoms with Gasteiger partial charge in [-0.25, -0.2) is 9.18 Å². The Balaban J connectivity index is 2.11. The van der Waals surface area contributed by atoms with Crippen molar-refractivity contribution in [3.8, 4) is 0 Å². The number of carboxylic acids is 1. The van der Waals surface area contributed by atoms with E-state index in [0.717, 1.165) is 11.6 Å². The molecule has 0 amide bonds. The van der Waals surface area contributed by atoms with Gasteiger partial charge in [0.25, 0.3) is 0 Å². The van der Waals surface area contributed by atoms with Gasteiger partial charge in [0.1, 0.15) is 5.82 Å². The van der Waals surface area contributed by atoms with E-state index in [0.29, 0.717) is 12.6 Å². The molecule has 0 atom stereocenters. The fourth-order valence-corrected chi connectivity index (χ4v) is 2.11. The molecular weight excluding hydrogens is 221 g/mol. The first kappa shape index (κ1) is 12.0. The molecule has 17 heavy (non-hydrogen) atoms. The lowest BCUT2D eigenvalue weighted by molar-refractivity contribution is 0.0696. The summed E-state index contributed by atoms with van der Waals surface area (Å²) in [5.41, 5.74) is 0.735. The molecule has 0 spiro atoms. The van der Waals surface area contributed by atoms with E-state index in [2.05, 4.69) is 4.90 Å². The molecule has 1 fully saturated rings. The van der Waals surface area contributed by atoms with Crippen LogP contribution in [-0.4, -0.2) is 29.1 Å². The van der Waals surface area contributed by atoms with Crippen molar-refractivity contribution in [3.63, 3.8) is 0 Å². The van der Waals surface area contributed by atoms with Crippen LogP contribution in [0.25, 0.3) is 0 Å². The average Bonchev–Trinajstić information content (AvgIpc) is 2.13. The summed E-state index contributed by atoms with van der Waals surface area (Å²) in [5, 5.41) is 8.85. The fourth-order valence-electron chi connectivity index (χ4n) is 2.11. The molecule has 0 bridgehead atoms. The molecule has 2 rings (SSSR count). The van der Waals surface area contributed by atoms with Gasteiger partial charge < -0.3 is 5.11 Å². The molecule has 92 valence electrons. The Kier molecular flexibility index (Phi) is 3.43. The largest absolute Gasteiger partial charge is 0.478 e. The lowest BCUT2D eigenvalue weighted by Crippen LogP contribution is -2.36. The third kappa shape index (κ3) is 2.82. The van der Waals surface area contributed by atoms with Crippen molar-refractivity contribution in [2.24, 2.45) is 0 Å². The molecule has 1 aromatic rings. The number of rotatable bonds is 4. The number of hydrogen-bond acceptors (Lipinski definition) is 2. The van der Waals surface area contributed by atoms with Gasteiger partial charge in [-0.1, -0.05) is 6.42 Å². The van der Waals surface area contributed by atoms with Crippen molar-refractivity contribution < 1.29 is 14.3 Å². The van der Waals surface area contributed by atoms with Crippen LogP contribution in [0.4, 0.5) is 4.39 Å². The molecule has 3 nitrogen and oxygen atoms in total. The van der Waals surface area contributed by atoms with Crippen molar-refractivity contribution in [1.29, 1.82) is 0 Å². The third-order valence-electron chi connectivity index (χ3n) is 3.33. The van der Waals surface area contributed by atoms with E-state index in [1.54, 1.807) is 6.07 Å². The number of aromatic carboxylic acids is 1. The molecule has 4 heteroatoms. The summed E-state index contributed by atoms with van der Waals surface area (Å²) in [6, 6.07) is 4.56. The summed E-state index contributed by atoms with van der Waals surface area (Å²) in [5.74, 6) is -1.57. The summed E-state index contributed by atoms with van der Waals surface area (Å²) in [4.78, 5) is 13.0. The van der Waals surface area contributed by atoms with E-state index in [-0.39, 0.29) is 5.56 Å². The van der Waals surface area contributed by atoms with Crippen molar-refractivity contribution in [1.82, 2.24) is 4.90 Å². The van der Waals surface area contributed by atoms with Crippen molar-refractivity contribution >= 4 is 5.97 Å². The molecule has 0 aromatic heterocycles. The summed E-state index contributed by atoms with van der Waals surface area (Å²) < 4.78 is 13.3. The van der Waals surface area contributed by atoms with Gasteiger partial charge in [-0.15, -0.1) is 0 Å². The molecule has 1 N–H and O–H groups in total. The highest BCUT2D eigenvalue weighted by molar-refractivity contribution is 5.87. The van der Waals surface area contributed by atoms with Crippen LogP contribution in [0, 0.1) is 5.82 Å². The summed E-state index contributed by atoms with van der Waals surface area (Å²) in [6.45, 7) is 0.600. The second kappa shape index (κ2) is 4.84. The van der Waals surface area contributed by atoms with E-state index in [4.69, 9.17) is 5.11 Å². The van der Waals surface area contributed by atoms with Crippen LogP contribution >= 0.6 is 0 Å². The molecule has 1 aliphatic rings. The summed E-state index contributed by atoms with van der Waals surface area (Å²) >= 11 is 0. The normalized spacial score (nSPS) is 15.9. The number of halogens is 1. The van der Waals surface area contributed by atoms with Crippen LogP contribution in [0.15, 0.2) is 18.2 Å². The zero-order chi connectivity index (χ0) is 12.4. The molecular formula is C13H16FNO2. The SMILES string of the molecule is CN(Cc1cc(F)cc(C(=O)O)c1)C1CCC1. The molecule has 0 saturated heterocycles. The van der Waals surface area contributed by atoms with E-state index >= 15 is 0 Å². The van der Waals surface area contributed by atoms with Crippen molar-refractivity contribution in [2.45, 2.75) is 31.8 Å². The molecule has 0 heterocycles. The standard InChI is InChI=1S/C13H16FNO2/c1-15(12-3-2-4-12)8-9-5-10(13(16)17)7-11(14)6-9/h5-7,12H,2-4,8H2,1H3,(H,16,17). The predicted octanol–water partition coefficient (Wildman–Crippen LogP) is 2.51. The van der Waals surface area contributed by atoms with Crippen LogP contribution in [-0.2, 0) is 6.54 Å². The molecule has 0 unspecified atom stereocenters. The van der Waals surface area contributed by atoms with E-state index in [1.807, 2.05) is 7.05 Å². The Bertz CT molecular complexity index is 429. The molecule has 1 saturated carbocycles. The van der Waals surface area contributed by atoms with Crippen LogP contribution in [0.1, 0.15) is 35.2 Å². The number of nitrogens with zero attached hydrogens (tertiary/aromatic N) is 1. The number of benzene rings is 1. The van der Waals surface area contributed by atoms with Gasteiger partial charge in [0.05, 0.1) is 5.56 Å². The number of carboxylic acid groups (broad SMARTS) is 1. The van der Waals surface area contributed by atoms with Crippen LogP contribution in [0.5, 0.6) is 0 Å². The van der Waals surface area contributed by atoms with Crippen molar-refractivity contribution in [2.75, 3.05) is 7.05 Å². The maximum absolute atomic E-state index is 13.3. The Labute approximate surface area is 99.9 Å². The van der Waals surface area contributed by atoms with Crippen LogP contribution in [0.3, 0.4) is 0 Å². The third-order valence-corrected chi connectivity index (χ3v) is 3.33. The maximum Gasteiger partial charge on any atom is 0.335 e. The Morgan fingerprint density at radius 3 is 2.71 bits per heavy atom.